The smallest absolute Gasteiger partial charge is 0.0589 e. The Hall–Kier alpha value is -0.600. The van der Waals surface area contributed by atoms with Gasteiger partial charge in [-0.1, -0.05) is 37.8 Å². The van der Waals surface area contributed by atoms with Crippen molar-refractivity contribution < 1.29 is 0 Å². The van der Waals surface area contributed by atoms with Crippen molar-refractivity contribution in [1.82, 2.24) is 10.3 Å². The van der Waals surface area contributed by atoms with Gasteiger partial charge in [0.2, 0.25) is 0 Å². The molecule has 0 amide bonds. The monoisotopic (exact) mass is 226 g/mol. The molecule has 0 aliphatic carbocycles. The van der Waals surface area contributed by atoms with Gasteiger partial charge in [-0.15, -0.1) is 0 Å². The molecule has 0 aliphatic heterocycles. The molecule has 1 unspecified atom stereocenters. The quantitative estimate of drug-likeness (QED) is 0.751. The number of unbranched alkanes of at least 4 members (excludes halogenated alkanes) is 2. The topological polar surface area (TPSA) is 24.9 Å². The van der Waals surface area contributed by atoms with Crippen LogP contribution in [0.3, 0.4) is 0 Å². The molecule has 1 aromatic heterocycles. The van der Waals surface area contributed by atoms with E-state index in [-0.39, 0.29) is 0 Å². The Morgan fingerprint density at radius 1 is 1.40 bits per heavy atom. The van der Waals surface area contributed by atoms with Crippen LogP contribution in [0.5, 0.6) is 0 Å². The highest BCUT2D eigenvalue weighted by atomic mass is 35.5. The molecule has 3 heteroatoms. The van der Waals surface area contributed by atoms with Gasteiger partial charge in [0, 0.05) is 12.2 Å². The number of rotatable bonds is 6. The lowest BCUT2D eigenvalue weighted by atomic mass is 10.1. The molecule has 84 valence electrons. The van der Waals surface area contributed by atoms with Crippen LogP contribution in [0.1, 0.15) is 44.3 Å². The Kier molecular flexibility index (Phi) is 5.66. The number of nitrogens with zero attached hydrogens (tertiary/aromatic N) is 1. The summed E-state index contributed by atoms with van der Waals surface area (Å²) in [6, 6.07) is 4.25. The van der Waals surface area contributed by atoms with Crippen molar-refractivity contribution in [2.24, 2.45) is 0 Å². The first-order chi connectivity index (χ1) is 7.27. The first-order valence-corrected chi connectivity index (χ1v) is 5.94. The van der Waals surface area contributed by atoms with Gasteiger partial charge in [0.15, 0.2) is 0 Å². The molecule has 0 saturated heterocycles. The number of aromatic nitrogens is 1. The van der Waals surface area contributed by atoms with E-state index in [0.29, 0.717) is 11.1 Å². The van der Waals surface area contributed by atoms with Gasteiger partial charge in [-0.25, -0.2) is 0 Å². The summed E-state index contributed by atoms with van der Waals surface area (Å²) in [5.41, 5.74) is 1.08. The van der Waals surface area contributed by atoms with E-state index in [4.69, 9.17) is 11.6 Å². The van der Waals surface area contributed by atoms with Crippen molar-refractivity contribution >= 4 is 11.6 Å². The van der Waals surface area contributed by atoms with Gasteiger partial charge >= 0.3 is 0 Å². The van der Waals surface area contributed by atoms with Crippen LogP contribution in [0, 0.1) is 0 Å². The maximum Gasteiger partial charge on any atom is 0.0589 e. The van der Waals surface area contributed by atoms with Crippen molar-refractivity contribution in [2.45, 2.75) is 38.6 Å². The van der Waals surface area contributed by atoms with Gasteiger partial charge in [0.1, 0.15) is 0 Å². The average Bonchev–Trinajstić information content (AvgIpc) is 2.26. The number of hydrogen-bond donors (Lipinski definition) is 1. The maximum atomic E-state index is 5.80. The number of nitrogens with one attached hydrogen (secondary N) is 1. The zero-order chi connectivity index (χ0) is 11.1. The molecule has 1 heterocycles. The molecule has 0 saturated carbocycles. The minimum absolute atomic E-state index is 0.355. The lowest BCUT2D eigenvalue weighted by Crippen LogP contribution is -2.17. The summed E-state index contributed by atoms with van der Waals surface area (Å²) in [5, 5.41) is 3.99. The first-order valence-electron chi connectivity index (χ1n) is 5.56. The highest BCUT2D eigenvalue weighted by molar-refractivity contribution is 6.30. The van der Waals surface area contributed by atoms with E-state index in [1.165, 1.54) is 19.3 Å². The summed E-state index contributed by atoms with van der Waals surface area (Å²) >= 11 is 5.80. The molecule has 0 fully saturated rings. The predicted octanol–water partition coefficient (Wildman–Crippen LogP) is 3.58. The lowest BCUT2D eigenvalue weighted by molar-refractivity contribution is 0.501. The van der Waals surface area contributed by atoms with Gasteiger partial charge in [-0.05, 0) is 25.6 Å². The molecular formula is C12H19ClN2. The molecule has 1 N–H and O–H groups in total. The molecule has 1 aromatic rings. The van der Waals surface area contributed by atoms with E-state index in [9.17, 15) is 0 Å². The highest BCUT2D eigenvalue weighted by Crippen LogP contribution is 2.18. The van der Waals surface area contributed by atoms with Crippen LogP contribution in [0.15, 0.2) is 18.3 Å². The fourth-order valence-corrected chi connectivity index (χ4v) is 1.74. The fourth-order valence-electron chi connectivity index (χ4n) is 1.63. The standard InChI is InChI=1S/C12H19ClN2/c1-3-4-5-6-11(14-2)12-8-7-10(13)9-15-12/h7-9,11,14H,3-6H2,1-2H3. The predicted molar refractivity (Wildman–Crippen MR) is 65.2 cm³/mol. The average molecular weight is 227 g/mol. The minimum Gasteiger partial charge on any atom is -0.312 e. The van der Waals surface area contributed by atoms with Crippen LogP contribution >= 0.6 is 11.6 Å². The minimum atomic E-state index is 0.355. The van der Waals surface area contributed by atoms with Crippen molar-refractivity contribution in [2.75, 3.05) is 7.05 Å². The molecule has 1 atom stereocenters. The van der Waals surface area contributed by atoms with Crippen molar-refractivity contribution in [1.29, 1.82) is 0 Å². The van der Waals surface area contributed by atoms with Crippen LogP contribution in [0.25, 0.3) is 0 Å². The zero-order valence-electron chi connectivity index (χ0n) is 9.46. The van der Waals surface area contributed by atoms with Crippen LogP contribution < -0.4 is 5.32 Å². The Morgan fingerprint density at radius 3 is 2.73 bits per heavy atom. The Bertz CT molecular complexity index is 271. The van der Waals surface area contributed by atoms with E-state index in [2.05, 4.69) is 17.2 Å². The summed E-state index contributed by atoms with van der Waals surface area (Å²) in [7, 11) is 1.98. The summed E-state index contributed by atoms with van der Waals surface area (Å²) in [6.07, 6.45) is 6.63. The van der Waals surface area contributed by atoms with Crippen LogP contribution in [-0.2, 0) is 0 Å². The maximum absolute atomic E-state index is 5.80. The molecular weight excluding hydrogens is 208 g/mol. The highest BCUT2D eigenvalue weighted by Gasteiger charge is 2.09. The zero-order valence-corrected chi connectivity index (χ0v) is 10.2. The summed E-state index contributed by atoms with van der Waals surface area (Å²) in [4.78, 5) is 4.33. The van der Waals surface area contributed by atoms with Crippen molar-refractivity contribution in [3.05, 3.63) is 29.0 Å². The third-order valence-corrected chi connectivity index (χ3v) is 2.78. The number of halogens is 1. The van der Waals surface area contributed by atoms with Gasteiger partial charge < -0.3 is 5.32 Å². The molecule has 0 radical (unpaired) electrons. The van der Waals surface area contributed by atoms with Gasteiger partial charge in [-0.3, -0.25) is 4.98 Å². The van der Waals surface area contributed by atoms with Crippen LogP contribution in [0.4, 0.5) is 0 Å². The second-order valence-electron chi connectivity index (χ2n) is 3.74. The van der Waals surface area contributed by atoms with E-state index < -0.39 is 0 Å². The second-order valence-corrected chi connectivity index (χ2v) is 4.17. The van der Waals surface area contributed by atoms with Crippen molar-refractivity contribution in [3.8, 4) is 0 Å². The lowest BCUT2D eigenvalue weighted by Gasteiger charge is -2.15. The van der Waals surface area contributed by atoms with Crippen LogP contribution in [-0.4, -0.2) is 12.0 Å². The molecule has 0 aliphatic rings. The van der Waals surface area contributed by atoms with E-state index >= 15 is 0 Å². The van der Waals surface area contributed by atoms with E-state index in [0.717, 1.165) is 12.1 Å². The third-order valence-electron chi connectivity index (χ3n) is 2.55. The fraction of sp³-hybridized carbons (Fsp3) is 0.583. The normalized spacial score (nSPS) is 12.7. The number of pyridine rings is 1. The molecule has 0 aromatic carbocycles. The van der Waals surface area contributed by atoms with Crippen LogP contribution in [0.2, 0.25) is 5.02 Å². The first kappa shape index (κ1) is 12.5. The van der Waals surface area contributed by atoms with Crippen molar-refractivity contribution in [3.63, 3.8) is 0 Å². The van der Waals surface area contributed by atoms with Gasteiger partial charge in [-0.2, -0.15) is 0 Å². The Labute approximate surface area is 97.1 Å². The Balaban J connectivity index is 2.53. The molecule has 1 rings (SSSR count). The third kappa shape index (κ3) is 4.18. The largest absolute Gasteiger partial charge is 0.312 e. The van der Waals surface area contributed by atoms with E-state index in [1.54, 1.807) is 6.20 Å². The van der Waals surface area contributed by atoms with Gasteiger partial charge in [0.05, 0.1) is 10.7 Å². The second kappa shape index (κ2) is 6.81. The summed E-state index contributed by atoms with van der Waals surface area (Å²) in [6.45, 7) is 2.22. The summed E-state index contributed by atoms with van der Waals surface area (Å²) < 4.78 is 0. The molecule has 0 spiro atoms. The van der Waals surface area contributed by atoms with Gasteiger partial charge in [0.25, 0.3) is 0 Å². The molecule has 0 bridgehead atoms. The SMILES string of the molecule is CCCCCC(NC)c1ccc(Cl)cn1. The Morgan fingerprint density at radius 2 is 2.20 bits per heavy atom. The molecule has 2 nitrogen and oxygen atoms in total. The van der Waals surface area contributed by atoms with E-state index in [1.807, 2.05) is 19.2 Å². The molecule has 15 heavy (non-hydrogen) atoms. The summed E-state index contributed by atoms with van der Waals surface area (Å²) in [5.74, 6) is 0. The number of hydrogen-bond acceptors (Lipinski definition) is 2.